The molecule has 0 saturated carbocycles. The lowest BCUT2D eigenvalue weighted by atomic mass is 9.93. The third-order valence-electron chi connectivity index (χ3n) is 5.96. The predicted octanol–water partition coefficient (Wildman–Crippen LogP) is 3.14. The Balaban J connectivity index is 1.34. The van der Waals surface area contributed by atoms with Gasteiger partial charge in [0.1, 0.15) is 0 Å². The van der Waals surface area contributed by atoms with Gasteiger partial charge in [0, 0.05) is 38.8 Å². The molecule has 2 N–H and O–H groups in total. The molecule has 3 rings (SSSR count). The fourth-order valence-corrected chi connectivity index (χ4v) is 4.20. The normalized spacial score (nSPS) is 19.2. The van der Waals surface area contributed by atoms with E-state index < -0.39 is 12.7 Å². The SMILES string of the molecule is CN=C(NCCC1CCN(CC(F)(F)F)CC1)NCc1ccc(N2CCCC2=O)cc1. The number of carbonyl (C=O) groups excluding carboxylic acids is 1. The molecule has 2 heterocycles. The van der Waals surface area contributed by atoms with Gasteiger partial charge in [-0.2, -0.15) is 13.2 Å². The van der Waals surface area contributed by atoms with E-state index in [1.807, 2.05) is 29.2 Å². The van der Waals surface area contributed by atoms with E-state index in [-0.39, 0.29) is 5.91 Å². The first-order valence-corrected chi connectivity index (χ1v) is 11.0. The molecule has 2 aliphatic heterocycles. The molecule has 2 saturated heterocycles. The molecule has 9 heteroatoms. The minimum absolute atomic E-state index is 0.182. The van der Waals surface area contributed by atoms with Crippen LogP contribution in [-0.4, -0.2) is 62.7 Å². The Hall–Kier alpha value is -2.29. The quantitative estimate of drug-likeness (QED) is 0.506. The summed E-state index contributed by atoms with van der Waals surface area (Å²) >= 11 is 0. The van der Waals surface area contributed by atoms with E-state index in [0.29, 0.717) is 37.9 Å². The number of likely N-dealkylation sites (tertiary alicyclic amines) is 1. The van der Waals surface area contributed by atoms with Crippen molar-refractivity contribution in [2.24, 2.45) is 10.9 Å². The van der Waals surface area contributed by atoms with Gasteiger partial charge in [-0.05, 0) is 62.4 Å². The number of nitrogens with one attached hydrogen (secondary N) is 2. The van der Waals surface area contributed by atoms with Crippen molar-refractivity contribution in [1.82, 2.24) is 15.5 Å². The van der Waals surface area contributed by atoms with Gasteiger partial charge in [-0.15, -0.1) is 0 Å². The maximum absolute atomic E-state index is 12.5. The fraction of sp³-hybridized carbons (Fsp3) is 0.636. The number of hydrogen-bond donors (Lipinski definition) is 2. The summed E-state index contributed by atoms with van der Waals surface area (Å²) in [6, 6.07) is 7.97. The van der Waals surface area contributed by atoms with Gasteiger partial charge in [0.2, 0.25) is 5.91 Å². The zero-order chi connectivity index (χ0) is 22.3. The van der Waals surface area contributed by atoms with E-state index in [1.54, 1.807) is 7.05 Å². The highest BCUT2D eigenvalue weighted by atomic mass is 19.4. The summed E-state index contributed by atoms with van der Waals surface area (Å²) in [5, 5.41) is 6.57. The molecule has 0 radical (unpaired) electrons. The molecule has 0 unspecified atom stereocenters. The van der Waals surface area contributed by atoms with E-state index in [2.05, 4.69) is 15.6 Å². The van der Waals surface area contributed by atoms with Crippen LogP contribution in [0.3, 0.4) is 0 Å². The smallest absolute Gasteiger partial charge is 0.356 e. The van der Waals surface area contributed by atoms with Gasteiger partial charge in [0.15, 0.2) is 5.96 Å². The van der Waals surface area contributed by atoms with Crippen molar-refractivity contribution in [3.8, 4) is 0 Å². The van der Waals surface area contributed by atoms with Crippen LogP contribution in [-0.2, 0) is 11.3 Å². The van der Waals surface area contributed by atoms with Gasteiger partial charge in [0.05, 0.1) is 6.54 Å². The van der Waals surface area contributed by atoms with Crippen molar-refractivity contribution in [2.75, 3.05) is 44.7 Å². The monoisotopic (exact) mass is 439 g/mol. The van der Waals surface area contributed by atoms with Crippen molar-refractivity contribution in [3.63, 3.8) is 0 Å². The molecule has 2 aliphatic rings. The highest BCUT2D eigenvalue weighted by Gasteiger charge is 2.32. The van der Waals surface area contributed by atoms with Crippen LogP contribution in [0.15, 0.2) is 29.3 Å². The zero-order valence-corrected chi connectivity index (χ0v) is 18.0. The number of benzene rings is 1. The summed E-state index contributed by atoms with van der Waals surface area (Å²) in [5.74, 6) is 1.32. The van der Waals surface area contributed by atoms with Crippen LogP contribution in [0.1, 0.15) is 37.7 Å². The second kappa shape index (κ2) is 10.8. The molecule has 172 valence electrons. The molecule has 31 heavy (non-hydrogen) atoms. The molecule has 0 spiro atoms. The van der Waals surface area contributed by atoms with Crippen molar-refractivity contribution >= 4 is 17.6 Å². The van der Waals surface area contributed by atoms with Crippen LogP contribution < -0.4 is 15.5 Å². The lowest BCUT2D eigenvalue weighted by molar-refractivity contribution is -0.148. The summed E-state index contributed by atoms with van der Waals surface area (Å²) in [7, 11) is 1.72. The number of piperidine rings is 1. The number of aliphatic imine (C=N–C) groups is 1. The second-order valence-electron chi connectivity index (χ2n) is 8.29. The number of carbonyl (C=O) groups is 1. The molecule has 0 bridgehead atoms. The number of guanidine groups is 1. The van der Waals surface area contributed by atoms with Crippen LogP contribution in [0.5, 0.6) is 0 Å². The topological polar surface area (TPSA) is 60.0 Å². The maximum atomic E-state index is 12.5. The molecule has 6 nitrogen and oxygen atoms in total. The Bertz CT molecular complexity index is 743. The van der Waals surface area contributed by atoms with Crippen molar-refractivity contribution in [2.45, 2.75) is 44.8 Å². The van der Waals surface area contributed by atoms with Crippen molar-refractivity contribution in [3.05, 3.63) is 29.8 Å². The highest BCUT2D eigenvalue weighted by Crippen LogP contribution is 2.24. The average molecular weight is 440 g/mol. The van der Waals surface area contributed by atoms with Gasteiger partial charge in [-0.1, -0.05) is 12.1 Å². The Kier molecular flexibility index (Phi) is 8.17. The number of rotatable bonds is 7. The number of anilines is 1. The van der Waals surface area contributed by atoms with Crippen molar-refractivity contribution in [1.29, 1.82) is 0 Å². The highest BCUT2D eigenvalue weighted by molar-refractivity contribution is 5.95. The van der Waals surface area contributed by atoms with Crippen LogP contribution in [0.25, 0.3) is 0 Å². The molecule has 0 aromatic heterocycles. The van der Waals surface area contributed by atoms with E-state index >= 15 is 0 Å². The van der Waals surface area contributed by atoms with E-state index in [0.717, 1.165) is 50.0 Å². The number of halogens is 3. The van der Waals surface area contributed by atoms with Gasteiger partial charge >= 0.3 is 6.18 Å². The Morgan fingerprint density at radius 1 is 1.13 bits per heavy atom. The number of alkyl halides is 3. The summed E-state index contributed by atoms with van der Waals surface area (Å²) in [6.45, 7) is 2.36. The second-order valence-corrected chi connectivity index (χ2v) is 8.29. The van der Waals surface area contributed by atoms with E-state index in [9.17, 15) is 18.0 Å². The molecular formula is C22H32F3N5O. The predicted molar refractivity (Wildman–Crippen MR) is 116 cm³/mol. The molecule has 1 aromatic carbocycles. The maximum Gasteiger partial charge on any atom is 0.401 e. The number of nitrogens with zero attached hydrogens (tertiary/aromatic N) is 3. The molecular weight excluding hydrogens is 407 g/mol. The van der Waals surface area contributed by atoms with Gasteiger partial charge in [-0.3, -0.25) is 14.7 Å². The summed E-state index contributed by atoms with van der Waals surface area (Å²) in [4.78, 5) is 19.4. The average Bonchev–Trinajstić information content (AvgIpc) is 3.17. The Morgan fingerprint density at radius 3 is 2.42 bits per heavy atom. The van der Waals surface area contributed by atoms with Crippen LogP contribution >= 0.6 is 0 Å². The standard InChI is InChI=1S/C22H32F3N5O/c1-26-21(27-11-8-17-9-13-29(14-10-17)16-22(23,24)25)28-15-18-4-6-19(7-5-18)30-12-2-3-20(30)31/h4-7,17H,2-3,8-16H2,1H3,(H2,26,27,28). The third kappa shape index (κ3) is 7.41. The van der Waals surface area contributed by atoms with E-state index in [4.69, 9.17) is 0 Å². The molecule has 0 aliphatic carbocycles. The first-order valence-electron chi connectivity index (χ1n) is 11.0. The summed E-state index contributed by atoms with van der Waals surface area (Å²) < 4.78 is 37.4. The molecule has 1 aromatic rings. The number of hydrogen-bond acceptors (Lipinski definition) is 3. The zero-order valence-electron chi connectivity index (χ0n) is 18.0. The summed E-state index contributed by atoms with van der Waals surface area (Å²) in [5.41, 5.74) is 2.03. The van der Waals surface area contributed by atoms with Gasteiger partial charge in [-0.25, -0.2) is 0 Å². The third-order valence-corrected chi connectivity index (χ3v) is 5.96. The van der Waals surface area contributed by atoms with Gasteiger partial charge < -0.3 is 15.5 Å². The molecule has 2 fully saturated rings. The van der Waals surface area contributed by atoms with Crippen LogP contribution in [0.2, 0.25) is 0 Å². The largest absolute Gasteiger partial charge is 0.401 e. The minimum atomic E-state index is -4.11. The lowest BCUT2D eigenvalue weighted by Crippen LogP contribution is -2.41. The van der Waals surface area contributed by atoms with Crippen LogP contribution in [0.4, 0.5) is 18.9 Å². The Morgan fingerprint density at radius 2 is 1.84 bits per heavy atom. The van der Waals surface area contributed by atoms with Gasteiger partial charge in [0.25, 0.3) is 0 Å². The number of amides is 1. The molecule has 0 atom stereocenters. The summed E-state index contributed by atoms with van der Waals surface area (Å²) in [6.07, 6.45) is -0.0578. The fourth-order valence-electron chi connectivity index (χ4n) is 4.20. The van der Waals surface area contributed by atoms with E-state index in [1.165, 1.54) is 4.90 Å². The first kappa shape index (κ1) is 23.4. The van der Waals surface area contributed by atoms with Crippen LogP contribution in [0, 0.1) is 5.92 Å². The lowest BCUT2D eigenvalue weighted by Gasteiger charge is -2.32. The Labute approximate surface area is 181 Å². The minimum Gasteiger partial charge on any atom is -0.356 e. The first-order chi connectivity index (χ1) is 14.8. The molecule has 1 amide bonds. The van der Waals surface area contributed by atoms with Crippen molar-refractivity contribution < 1.29 is 18.0 Å².